The molecule has 0 aliphatic heterocycles. The van der Waals surface area contributed by atoms with Crippen LogP contribution in [0, 0.1) is 13.8 Å². The van der Waals surface area contributed by atoms with Crippen LogP contribution >= 0.6 is 0 Å². The average Bonchev–Trinajstić information content (AvgIpc) is 2.29. The van der Waals surface area contributed by atoms with Crippen LogP contribution in [0.1, 0.15) is 36.6 Å². The topological polar surface area (TPSA) is 41.5 Å². The molecular formula is C14H23NO2. The van der Waals surface area contributed by atoms with Crippen LogP contribution in [-0.4, -0.2) is 24.9 Å². The molecule has 1 atom stereocenters. The largest absolute Gasteiger partial charge is 0.496 e. The van der Waals surface area contributed by atoms with E-state index in [-0.39, 0.29) is 12.6 Å². The Balaban J connectivity index is 3.08. The molecule has 0 saturated carbocycles. The van der Waals surface area contributed by atoms with Gasteiger partial charge in [0, 0.05) is 6.04 Å². The highest BCUT2D eigenvalue weighted by atomic mass is 16.5. The van der Waals surface area contributed by atoms with Gasteiger partial charge in [-0.3, -0.25) is 0 Å². The van der Waals surface area contributed by atoms with Gasteiger partial charge in [0.2, 0.25) is 0 Å². The van der Waals surface area contributed by atoms with Crippen LogP contribution in [0.3, 0.4) is 0 Å². The van der Waals surface area contributed by atoms with Crippen molar-refractivity contribution in [1.82, 2.24) is 5.32 Å². The zero-order valence-electron chi connectivity index (χ0n) is 11.4. The molecule has 3 nitrogen and oxygen atoms in total. The number of rotatable bonds is 5. The molecule has 1 aromatic carbocycles. The van der Waals surface area contributed by atoms with E-state index in [0.29, 0.717) is 6.04 Å². The maximum absolute atomic E-state index is 9.48. The van der Waals surface area contributed by atoms with Crippen molar-refractivity contribution in [1.29, 1.82) is 0 Å². The summed E-state index contributed by atoms with van der Waals surface area (Å²) in [6.07, 6.45) is 0. The Morgan fingerprint density at radius 1 is 1.24 bits per heavy atom. The third kappa shape index (κ3) is 3.20. The predicted molar refractivity (Wildman–Crippen MR) is 70.6 cm³/mol. The van der Waals surface area contributed by atoms with Crippen molar-refractivity contribution in [3.05, 3.63) is 28.8 Å². The molecule has 0 bridgehead atoms. The molecule has 0 aliphatic carbocycles. The number of hydrogen-bond donors (Lipinski definition) is 2. The lowest BCUT2D eigenvalue weighted by molar-refractivity contribution is 0.237. The maximum atomic E-state index is 9.48. The van der Waals surface area contributed by atoms with Gasteiger partial charge in [-0.25, -0.2) is 0 Å². The first-order chi connectivity index (χ1) is 8.01. The van der Waals surface area contributed by atoms with Crippen molar-refractivity contribution in [3.8, 4) is 5.75 Å². The second-order valence-corrected chi connectivity index (χ2v) is 4.66. The number of nitrogens with one attached hydrogen (secondary N) is 1. The molecule has 1 aromatic rings. The lowest BCUT2D eigenvalue weighted by Gasteiger charge is -2.23. The van der Waals surface area contributed by atoms with Gasteiger partial charge in [0.1, 0.15) is 5.75 Å². The second-order valence-electron chi connectivity index (χ2n) is 4.66. The maximum Gasteiger partial charge on any atom is 0.122 e. The molecule has 0 amide bonds. The monoisotopic (exact) mass is 237 g/mol. The fraction of sp³-hybridized carbons (Fsp3) is 0.571. The molecule has 3 heteroatoms. The van der Waals surface area contributed by atoms with Gasteiger partial charge in [-0.1, -0.05) is 19.9 Å². The molecule has 0 aliphatic rings. The van der Waals surface area contributed by atoms with E-state index in [4.69, 9.17) is 4.74 Å². The Morgan fingerprint density at radius 3 is 2.35 bits per heavy atom. The van der Waals surface area contributed by atoms with E-state index in [1.165, 1.54) is 5.56 Å². The normalized spacial score (nSPS) is 12.9. The van der Waals surface area contributed by atoms with Crippen LogP contribution in [0.25, 0.3) is 0 Å². The Morgan fingerprint density at radius 2 is 1.88 bits per heavy atom. The van der Waals surface area contributed by atoms with E-state index >= 15 is 0 Å². The summed E-state index contributed by atoms with van der Waals surface area (Å²) in [6.45, 7) is 8.37. The highest BCUT2D eigenvalue weighted by Crippen LogP contribution is 2.27. The Labute approximate surface area is 104 Å². The molecule has 0 heterocycles. The van der Waals surface area contributed by atoms with Crippen LogP contribution in [0.5, 0.6) is 5.75 Å². The summed E-state index contributed by atoms with van der Waals surface area (Å²) >= 11 is 0. The predicted octanol–water partition coefficient (Wildman–Crippen LogP) is 2.34. The first-order valence-electron chi connectivity index (χ1n) is 6.02. The number of benzene rings is 1. The van der Waals surface area contributed by atoms with Gasteiger partial charge in [-0.2, -0.15) is 0 Å². The summed E-state index contributed by atoms with van der Waals surface area (Å²) < 4.78 is 5.29. The molecule has 0 radical (unpaired) electrons. The SMILES string of the molecule is COc1ccc(C(CO)NC(C)C)c(C)c1C. The lowest BCUT2D eigenvalue weighted by atomic mass is 9.96. The molecule has 96 valence electrons. The van der Waals surface area contributed by atoms with Gasteiger partial charge in [0.25, 0.3) is 0 Å². The molecule has 0 aromatic heterocycles. The van der Waals surface area contributed by atoms with Crippen molar-refractivity contribution >= 4 is 0 Å². The number of hydrogen-bond acceptors (Lipinski definition) is 3. The summed E-state index contributed by atoms with van der Waals surface area (Å²) in [6, 6.07) is 4.31. The van der Waals surface area contributed by atoms with E-state index in [1.807, 2.05) is 19.1 Å². The molecule has 1 unspecified atom stereocenters. The molecule has 0 saturated heterocycles. The standard InChI is InChI=1S/C14H23NO2/c1-9(2)15-13(8-16)12-6-7-14(17-5)11(4)10(12)3/h6-7,9,13,15-16H,8H2,1-5H3. The summed E-state index contributed by atoms with van der Waals surface area (Å²) in [4.78, 5) is 0. The van der Waals surface area contributed by atoms with Crippen LogP contribution < -0.4 is 10.1 Å². The molecule has 0 spiro atoms. The van der Waals surface area contributed by atoms with Gasteiger partial charge in [-0.05, 0) is 36.6 Å². The zero-order chi connectivity index (χ0) is 13.0. The van der Waals surface area contributed by atoms with Gasteiger partial charge in [0.15, 0.2) is 0 Å². The average molecular weight is 237 g/mol. The van der Waals surface area contributed by atoms with E-state index in [9.17, 15) is 5.11 Å². The van der Waals surface area contributed by atoms with Crippen molar-refractivity contribution in [2.24, 2.45) is 0 Å². The first kappa shape index (κ1) is 14.0. The minimum absolute atomic E-state index is 0.0143. The van der Waals surface area contributed by atoms with Crippen LogP contribution in [-0.2, 0) is 0 Å². The van der Waals surface area contributed by atoms with E-state index in [2.05, 4.69) is 26.1 Å². The molecule has 1 rings (SSSR count). The number of aliphatic hydroxyl groups is 1. The highest BCUT2D eigenvalue weighted by Gasteiger charge is 2.16. The van der Waals surface area contributed by atoms with Crippen molar-refractivity contribution in [2.75, 3.05) is 13.7 Å². The molecule has 17 heavy (non-hydrogen) atoms. The summed E-state index contributed by atoms with van der Waals surface area (Å²) in [7, 11) is 1.68. The molecule has 0 fully saturated rings. The van der Waals surface area contributed by atoms with Crippen LogP contribution in [0.15, 0.2) is 12.1 Å². The fourth-order valence-corrected chi connectivity index (χ4v) is 2.06. The second kappa shape index (κ2) is 6.03. The van der Waals surface area contributed by atoms with Gasteiger partial charge < -0.3 is 15.2 Å². The van der Waals surface area contributed by atoms with Gasteiger partial charge >= 0.3 is 0 Å². The minimum Gasteiger partial charge on any atom is -0.496 e. The number of ether oxygens (including phenoxy) is 1. The summed E-state index contributed by atoms with van der Waals surface area (Å²) in [5, 5.41) is 12.8. The lowest BCUT2D eigenvalue weighted by Crippen LogP contribution is -2.31. The smallest absolute Gasteiger partial charge is 0.122 e. The molecular weight excluding hydrogens is 214 g/mol. The van der Waals surface area contributed by atoms with E-state index in [0.717, 1.165) is 16.9 Å². The third-order valence-corrected chi connectivity index (χ3v) is 3.09. The third-order valence-electron chi connectivity index (χ3n) is 3.09. The highest BCUT2D eigenvalue weighted by molar-refractivity contribution is 5.44. The first-order valence-corrected chi connectivity index (χ1v) is 6.02. The minimum atomic E-state index is -0.0143. The number of methoxy groups -OCH3 is 1. The van der Waals surface area contributed by atoms with Crippen molar-refractivity contribution in [3.63, 3.8) is 0 Å². The van der Waals surface area contributed by atoms with Crippen molar-refractivity contribution in [2.45, 2.75) is 39.8 Å². The fourth-order valence-electron chi connectivity index (χ4n) is 2.06. The van der Waals surface area contributed by atoms with Gasteiger partial charge in [0.05, 0.1) is 19.8 Å². The zero-order valence-corrected chi connectivity index (χ0v) is 11.4. The Hall–Kier alpha value is -1.06. The van der Waals surface area contributed by atoms with Crippen LogP contribution in [0.4, 0.5) is 0 Å². The van der Waals surface area contributed by atoms with Crippen molar-refractivity contribution < 1.29 is 9.84 Å². The van der Waals surface area contributed by atoms with Crippen LogP contribution in [0.2, 0.25) is 0 Å². The molecule has 2 N–H and O–H groups in total. The summed E-state index contributed by atoms with van der Waals surface area (Å²) in [5.41, 5.74) is 3.45. The summed E-state index contributed by atoms with van der Waals surface area (Å²) in [5.74, 6) is 0.896. The Bertz CT molecular complexity index is 375. The number of aliphatic hydroxyl groups excluding tert-OH is 1. The van der Waals surface area contributed by atoms with Gasteiger partial charge in [-0.15, -0.1) is 0 Å². The quantitative estimate of drug-likeness (QED) is 0.826. The Kier molecular flexibility index (Phi) is 4.97. The van der Waals surface area contributed by atoms with E-state index < -0.39 is 0 Å². The van der Waals surface area contributed by atoms with E-state index in [1.54, 1.807) is 7.11 Å².